The molecule has 0 aliphatic heterocycles. The lowest BCUT2D eigenvalue weighted by Crippen LogP contribution is -2.43. The fourth-order valence-corrected chi connectivity index (χ4v) is 5.22. The van der Waals surface area contributed by atoms with Gasteiger partial charge >= 0.3 is 8.80 Å². The standard InChI is InChI=1S/C23H44N2O3Si/c1-26-29(27-2,28-3)21-15-20-24-18-13-8-6-4-5-7-9-14-19-25-22-23-16-11-10-12-17-23/h10-12,16-17,24-25H,4-9,13-15,18-22H2,1-3H3. The molecule has 5 nitrogen and oxygen atoms in total. The average molecular weight is 425 g/mol. The first-order valence-corrected chi connectivity index (χ1v) is 13.3. The molecule has 1 rings (SSSR count). The van der Waals surface area contributed by atoms with Gasteiger partial charge in [0.2, 0.25) is 0 Å². The molecule has 1 aromatic carbocycles. The smallest absolute Gasteiger partial charge is 0.377 e. The van der Waals surface area contributed by atoms with Crippen LogP contribution in [0, 0.1) is 0 Å². The van der Waals surface area contributed by atoms with Crippen LogP contribution in [0.3, 0.4) is 0 Å². The number of hydrogen-bond donors (Lipinski definition) is 2. The van der Waals surface area contributed by atoms with Crippen LogP contribution in [0.1, 0.15) is 63.4 Å². The first-order valence-electron chi connectivity index (χ1n) is 11.4. The second kappa shape index (κ2) is 18.0. The molecule has 0 radical (unpaired) electrons. The Morgan fingerprint density at radius 3 is 1.66 bits per heavy atom. The van der Waals surface area contributed by atoms with Crippen molar-refractivity contribution in [1.29, 1.82) is 0 Å². The number of rotatable bonds is 20. The minimum atomic E-state index is -2.38. The summed E-state index contributed by atoms with van der Waals surface area (Å²) in [5.41, 5.74) is 1.37. The van der Waals surface area contributed by atoms with Crippen molar-refractivity contribution in [1.82, 2.24) is 10.6 Å². The third-order valence-electron chi connectivity index (χ3n) is 5.40. The van der Waals surface area contributed by atoms with Crippen LogP contribution >= 0.6 is 0 Å². The van der Waals surface area contributed by atoms with Crippen molar-refractivity contribution in [3.8, 4) is 0 Å². The summed E-state index contributed by atoms with van der Waals surface area (Å²) < 4.78 is 16.3. The Bertz CT molecular complexity index is 464. The summed E-state index contributed by atoms with van der Waals surface area (Å²) >= 11 is 0. The van der Waals surface area contributed by atoms with E-state index in [1.807, 2.05) is 0 Å². The minimum Gasteiger partial charge on any atom is -0.377 e. The van der Waals surface area contributed by atoms with Crippen LogP contribution in [0.15, 0.2) is 30.3 Å². The van der Waals surface area contributed by atoms with Gasteiger partial charge in [0.1, 0.15) is 0 Å². The molecule has 0 fully saturated rings. The molecule has 0 aliphatic carbocycles. The van der Waals surface area contributed by atoms with Gasteiger partial charge in [-0.3, -0.25) is 0 Å². The molecule has 0 aliphatic rings. The van der Waals surface area contributed by atoms with Crippen LogP contribution in [-0.2, 0) is 19.8 Å². The second-order valence-corrected chi connectivity index (χ2v) is 10.7. The van der Waals surface area contributed by atoms with Gasteiger partial charge in [0.25, 0.3) is 0 Å². The third-order valence-corrected chi connectivity index (χ3v) is 8.23. The maximum absolute atomic E-state index is 5.44. The van der Waals surface area contributed by atoms with E-state index in [4.69, 9.17) is 13.3 Å². The van der Waals surface area contributed by atoms with Gasteiger partial charge in [-0.15, -0.1) is 0 Å². The van der Waals surface area contributed by atoms with Gasteiger partial charge in [-0.25, -0.2) is 0 Å². The predicted octanol–water partition coefficient (Wildman–Crippen LogP) is 4.75. The molecule has 0 saturated carbocycles. The summed E-state index contributed by atoms with van der Waals surface area (Å²) in [7, 11) is 2.65. The first-order chi connectivity index (χ1) is 14.3. The molecule has 6 heteroatoms. The molecule has 0 unspecified atom stereocenters. The van der Waals surface area contributed by atoms with Crippen LogP contribution in [0.25, 0.3) is 0 Å². The predicted molar refractivity (Wildman–Crippen MR) is 124 cm³/mol. The van der Waals surface area contributed by atoms with Crippen LogP contribution in [-0.4, -0.2) is 49.8 Å². The number of unbranched alkanes of at least 4 members (excludes halogenated alkanes) is 7. The molecule has 29 heavy (non-hydrogen) atoms. The SMILES string of the molecule is CO[Si](CCCNCCCCCCCCCCNCc1ccccc1)(OC)OC. The summed E-state index contributed by atoms with van der Waals surface area (Å²) in [6, 6.07) is 11.5. The largest absolute Gasteiger partial charge is 0.500 e. The zero-order valence-corrected chi connectivity index (χ0v) is 20.0. The van der Waals surface area contributed by atoms with E-state index in [1.165, 1.54) is 56.9 Å². The fourth-order valence-electron chi connectivity index (χ4n) is 3.50. The highest BCUT2D eigenvalue weighted by atomic mass is 28.4. The monoisotopic (exact) mass is 424 g/mol. The van der Waals surface area contributed by atoms with E-state index < -0.39 is 8.80 Å². The van der Waals surface area contributed by atoms with Crippen LogP contribution in [0.5, 0.6) is 0 Å². The maximum atomic E-state index is 5.44. The Kier molecular flexibility index (Phi) is 16.3. The summed E-state index contributed by atoms with van der Waals surface area (Å²) in [6.45, 7) is 4.23. The van der Waals surface area contributed by atoms with Crippen LogP contribution in [0.4, 0.5) is 0 Å². The molecule has 0 amide bonds. The normalized spacial score (nSPS) is 11.8. The van der Waals surface area contributed by atoms with E-state index in [9.17, 15) is 0 Å². The highest BCUT2D eigenvalue weighted by Gasteiger charge is 2.36. The van der Waals surface area contributed by atoms with Crippen molar-refractivity contribution in [2.75, 3.05) is 41.0 Å². The van der Waals surface area contributed by atoms with E-state index in [0.717, 1.165) is 38.6 Å². The molecule has 168 valence electrons. The quantitative estimate of drug-likeness (QED) is 0.234. The Labute approximate surface area is 180 Å². The zero-order valence-electron chi connectivity index (χ0n) is 19.0. The molecule has 0 spiro atoms. The average Bonchev–Trinajstić information content (AvgIpc) is 2.77. The Morgan fingerprint density at radius 2 is 1.10 bits per heavy atom. The van der Waals surface area contributed by atoms with Gasteiger partial charge in [-0.1, -0.05) is 68.9 Å². The van der Waals surface area contributed by atoms with Crippen LogP contribution < -0.4 is 10.6 Å². The Balaban J connectivity index is 1.78. The molecule has 0 atom stereocenters. The minimum absolute atomic E-state index is 0.866. The summed E-state index contributed by atoms with van der Waals surface area (Å²) in [5, 5.41) is 7.06. The van der Waals surface area contributed by atoms with Gasteiger partial charge in [-0.2, -0.15) is 0 Å². The molecule has 2 N–H and O–H groups in total. The van der Waals surface area contributed by atoms with E-state index in [1.54, 1.807) is 21.3 Å². The van der Waals surface area contributed by atoms with Gasteiger partial charge in [-0.05, 0) is 44.5 Å². The van der Waals surface area contributed by atoms with E-state index in [-0.39, 0.29) is 0 Å². The van der Waals surface area contributed by atoms with E-state index in [2.05, 4.69) is 41.0 Å². The fraction of sp³-hybridized carbons (Fsp3) is 0.739. The highest BCUT2D eigenvalue weighted by Crippen LogP contribution is 2.14. The molecule has 0 aromatic heterocycles. The summed E-state index contributed by atoms with van der Waals surface area (Å²) in [5.74, 6) is 0. The van der Waals surface area contributed by atoms with Crippen molar-refractivity contribution in [2.45, 2.75) is 70.4 Å². The maximum Gasteiger partial charge on any atom is 0.500 e. The van der Waals surface area contributed by atoms with Crippen LogP contribution in [0.2, 0.25) is 6.04 Å². The van der Waals surface area contributed by atoms with Crippen molar-refractivity contribution < 1.29 is 13.3 Å². The lowest BCUT2D eigenvalue weighted by molar-refractivity contribution is 0.123. The van der Waals surface area contributed by atoms with E-state index >= 15 is 0 Å². The highest BCUT2D eigenvalue weighted by molar-refractivity contribution is 6.60. The van der Waals surface area contributed by atoms with Crippen molar-refractivity contribution in [3.05, 3.63) is 35.9 Å². The molecule has 0 heterocycles. The van der Waals surface area contributed by atoms with Crippen molar-refractivity contribution in [3.63, 3.8) is 0 Å². The van der Waals surface area contributed by atoms with Crippen molar-refractivity contribution in [2.24, 2.45) is 0 Å². The Morgan fingerprint density at radius 1 is 0.621 bits per heavy atom. The molecular weight excluding hydrogens is 380 g/mol. The number of hydrogen-bond acceptors (Lipinski definition) is 5. The number of nitrogens with one attached hydrogen (secondary N) is 2. The topological polar surface area (TPSA) is 51.8 Å². The molecule has 0 saturated heterocycles. The summed E-state index contributed by atoms with van der Waals surface area (Å²) in [4.78, 5) is 0. The molecule has 0 bridgehead atoms. The zero-order chi connectivity index (χ0) is 21.0. The lowest BCUT2D eigenvalue weighted by atomic mass is 10.1. The van der Waals surface area contributed by atoms with Gasteiger partial charge in [0, 0.05) is 33.9 Å². The molecule has 1 aromatic rings. The van der Waals surface area contributed by atoms with Crippen molar-refractivity contribution >= 4 is 8.80 Å². The molecular formula is C23H44N2O3Si. The van der Waals surface area contributed by atoms with Gasteiger partial charge in [0.15, 0.2) is 0 Å². The second-order valence-electron chi connectivity index (χ2n) is 7.64. The van der Waals surface area contributed by atoms with Gasteiger partial charge < -0.3 is 23.9 Å². The third kappa shape index (κ3) is 13.2. The Hall–Kier alpha value is -0.763. The summed E-state index contributed by atoms with van der Waals surface area (Å²) in [6.07, 6.45) is 11.8. The number of benzene rings is 1. The lowest BCUT2D eigenvalue weighted by Gasteiger charge is -2.24. The van der Waals surface area contributed by atoms with Gasteiger partial charge in [0.05, 0.1) is 0 Å². The first kappa shape index (κ1) is 26.3. The van der Waals surface area contributed by atoms with E-state index in [0.29, 0.717) is 0 Å².